The number of amides is 1. The molecule has 1 N–H and O–H groups in total. The molecular weight excluding hydrogens is 369 g/mol. The van der Waals surface area contributed by atoms with E-state index in [2.05, 4.69) is 5.32 Å². The first-order valence-electron chi connectivity index (χ1n) is 7.08. The highest BCUT2D eigenvalue weighted by molar-refractivity contribution is 7.10. The van der Waals surface area contributed by atoms with E-state index in [1.165, 1.54) is 17.4 Å². The van der Waals surface area contributed by atoms with E-state index in [9.17, 15) is 9.59 Å². The maximum absolute atomic E-state index is 11.8. The Hall–Kier alpha value is -1.82. The van der Waals surface area contributed by atoms with Gasteiger partial charge in [0, 0.05) is 11.0 Å². The lowest BCUT2D eigenvalue weighted by molar-refractivity contribution is -0.144. The Morgan fingerprint density at radius 2 is 2.08 bits per heavy atom. The molecule has 0 spiro atoms. The Morgan fingerprint density at radius 3 is 2.75 bits per heavy atom. The zero-order valence-electron chi connectivity index (χ0n) is 12.8. The van der Waals surface area contributed by atoms with E-state index in [0.29, 0.717) is 10.0 Å². The van der Waals surface area contributed by atoms with Gasteiger partial charge in [0.15, 0.2) is 6.61 Å². The van der Waals surface area contributed by atoms with E-state index >= 15 is 0 Å². The van der Waals surface area contributed by atoms with Gasteiger partial charge in [-0.25, -0.2) is 4.79 Å². The second kappa shape index (κ2) is 8.87. The summed E-state index contributed by atoms with van der Waals surface area (Å²) in [6.07, 6.45) is 2.94. The monoisotopic (exact) mass is 383 g/mol. The summed E-state index contributed by atoms with van der Waals surface area (Å²) in [7, 11) is 0. The van der Waals surface area contributed by atoms with Crippen LogP contribution >= 0.6 is 34.5 Å². The van der Waals surface area contributed by atoms with Crippen molar-refractivity contribution in [3.05, 3.63) is 62.3 Å². The van der Waals surface area contributed by atoms with Crippen molar-refractivity contribution in [2.75, 3.05) is 6.61 Å². The van der Waals surface area contributed by atoms with Gasteiger partial charge < -0.3 is 10.1 Å². The van der Waals surface area contributed by atoms with Gasteiger partial charge in [-0.15, -0.1) is 11.3 Å². The van der Waals surface area contributed by atoms with Gasteiger partial charge in [-0.2, -0.15) is 0 Å². The van der Waals surface area contributed by atoms with Crippen LogP contribution in [0.25, 0.3) is 6.08 Å². The van der Waals surface area contributed by atoms with Crippen molar-refractivity contribution >= 4 is 52.5 Å². The van der Waals surface area contributed by atoms with E-state index in [-0.39, 0.29) is 12.6 Å². The van der Waals surface area contributed by atoms with Gasteiger partial charge in [0.25, 0.3) is 5.91 Å². The van der Waals surface area contributed by atoms with E-state index in [0.717, 1.165) is 10.4 Å². The largest absolute Gasteiger partial charge is 0.452 e. The normalized spacial score (nSPS) is 12.1. The Labute approximate surface area is 154 Å². The lowest BCUT2D eigenvalue weighted by Crippen LogP contribution is -2.30. The average Bonchev–Trinajstić information content (AvgIpc) is 3.07. The minimum absolute atomic E-state index is 0.285. The summed E-state index contributed by atoms with van der Waals surface area (Å²) in [4.78, 5) is 24.3. The molecule has 1 heterocycles. The molecule has 1 aromatic carbocycles. The van der Waals surface area contributed by atoms with Gasteiger partial charge in [-0.1, -0.05) is 35.3 Å². The minimum Gasteiger partial charge on any atom is -0.452 e. The second-order valence-electron chi connectivity index (χ2n) is 4.92. The number of rotatable bonds is 6. The molecule has 7 heteroatoms. The standard InChI is InChI=1S/C17H15Cl2NO3S/c1-11(12-4-6-14(18)15(19)9-12)20-16(21)10-23-17(22)7-5-13-3-2-8-24-13/h2-9,11H,10H2,1H3,(H,20,21)/b7-5+/t11-/m0/s1. The number of carbonyl (C=O) groups is 2. The highest BCUT2D eigenvalue weighted by Gasteiger charge is 2.12. The lowest BCUT2D eigenvalue weighted by Gasteiger charge is -2.14. The van der Waals surface area contributed by atoms with Crippen LogP contribution in [-0.2, 0) is 14.3 Å². The van der Waals surface area contributed by atoms with Crippen molar-refractivity contribution in [1.82, 2.24) is 5.32 Å². The topological polar surface area (TPSA) is 55.4 Å². The molecule has 0 radical (unpaired) electrons. The van der Waals surface area contributed by atoms with Crippen LogP contribution in [-0.4, -0.2) is 18.5 Å². The first-order valence-corrected chi connectivity index (χ1v) is 8.72. The Kier molecular flexibility index (Phi) is 6.85. The SMILES string of the molecule is C[C@H](NC(=O)COC(=O)/C=C/c1cccs1)c1ccc(Cl)c(Cl)c1. The quantitative estimate of drug-likeness (QED) is 0.590. The molecule has 4 nitrogen and oxygen atoms in total. The minimum atomic E-state index is -0.569. The molecular formula is C17H15Cl2NO3S. The number of carbonyl (C=O) groups excluding carboxylic acids is 2. The number of ether oxygens (including phenoxy) is 1. The Bertz CT molecular complexity index is 744. The van der Waals surface area contributed by atoms with Crippen molar-refractivity contribution in [3.8, 4) is 0 Å². The molecule has 2 rings (SSSR count). The summed E-state index contributed by atoms with van der Waals surface area (Å²) < 4.78 is 4.90. The van der Waals surface area contributed by atoms with E-state index < -0.39 is 11.9 Å². The van der Waals surface area contributed by atoms with Crippen LogP contribution in [0.1, 0.15) is 23.4 Å². The molecule has 126 valence electrons. The predicted molar refractivity (Wildman–Crippen MR) is 97.3 cm³/mol. The molecule has 1 aromatic heterocycles. The van der Waals surface area contributed by atoms with Crippen LogP contribution in [0.5, 0.6) is 0 Å². The zero-order chi connectivity index (χ0) is 17.5. The maximum Gasteiger partial charge on any atom is 0.331 e. The maximum atomic E-state index is 11.8. The van der Waals surface area contributed by atoms with Crippen molar-refractivity contribution in [2.24, 2.45) is 0 Å². The second-order valence-corrected chi connectivity index (χ2v) is 6.71. The molecule has 0 unspecified atom stereocenters. The first kappa shape index (κ1) is 18.5. The number of nitrogens with one attached hydrogen (secondary N) is 1. The van der Waals surface area contributed by atoms with Gasteiger partial charge in [0.2, 0.25) is 0 Å². The van der Waals surface area contributed by atoms with Crippen molar-refractivity contribution in [1.29, 1.82) is 0 Å². The molecule has 0 saturated heterocycles. The highest BCUT2D eigenvalue weighted by atomic mass is 35.5. The fourth-order valence-corrected chi connectivity index (χ4v) is 2.79. The van der Waals surface area contributed by atoms with Crippen molar-refractivity contribution in [3.63, 3.8) is 0 Å². The van der Waals surface area contributed by atoms with E-state index in [1.54, 1.807) is 31.2 Å². The van der Waals surface area contributed by atoms with Gasteiger partial charge >= 0.3 is 5.97 Å². The fourth-order valence-electron chi connectivity index (χ4n) is 1.87. The van der Waals surface area contributed by atoms with Gasteiger partial charge in [-0.05, 0) is 42.1 Å². The molecule has 0 fully saturated rings. The summed E-state index contributed by atoms with van der Waals surface area (Å²) in [6.45, 7) is 1.45. The number of benzene rings is 1. The number of hydrogen-bond acceptors (Lipinski definition) is 4. The van der Waals surface area contributed by atoms with Crippen molar-refractivity contribution < 1.29 is 14.3 Å². The third-order valence-electron chi connectivity index (χ3n) is 3.09. The van der Waals surface area contributed by atoms with Gasteiger partial charge in [0.05, 0.1) is 16.1 Å². The van der Waals surface area contributed by atoms with Gasteiger partial charge in [0.1, 0.15) is 0 Å². The van der Waals surface area contributed by atoms with Crippen LogP contribution in [0.15, 0.2) is 41.8 Å². The smallest absolute Gasteiger partial charge is 0.331 e. The van der Waals surface area contributed by atoms with Crippen LogP contribution < -0.4 is 5.32 Å². The molecule has 1 amide bonds. The summed E-state index contributed by atoms with van der Waals surface area (Å²) in [5.74, 6) is -0.966. The number of hydrogen-bond donors (Lipinski definition) is 1. The van der Waals surface area contributed by atoms with E-state index in [4.69, 9.17) is 27.9 Å². The van der Waals surface area contributed by atoms with Crippen LogP contribution in [0, 0.1) is 0 Å². The molecule has 0 aliphatic heterocycles. The molecule has 0 saturated carbocycles. The van der Waals surface area contributed by atoms with Crippen LogP contribution in [0.4, 0.5) is 0 Å². The average molecular weight is 384 g/mol. The summed E-state index contributed by atoms with van der Waals surface area (Å²) in [5.41, 5.74) is 0.807. The molecule has 1 atom stereocenters. The number of halogens is 2. The highest BCUT2D eigenvalue weighted by Crippen LogP contribution is 2.25. The fraction of sp³-hybridized carbons (Fsp3) is 0.176. The number of thiophene rings is 1. The first-order chi connectivity index (χ1) is 11.5. The van der Waals surface area contributed by atoms with Crippen LogP contribution in [0.3, 0.4) is 0 Å². The van der Waals surface area contributed by atoms with Crippen LogP contribution in [0.2, 0.25) is 10.0 Å². The molecule has 0 aliphatic rings. The Balaban J connectivity index is 1.80. The summed E-state index contributed by atoms with van der Waals surface area (Å²) in [5, 5.41) is 5.50. The lowest BCUT2D eigenvalue weighted by atomic mass is 10.1. The summed E-state index contributed by atoms with van der Waals surface area (Å²) in [6, 6.07) is 8.59. The number of esters is 1. The predicted octanol–water partition coefficient (Wildman–Crippen LogP) is 4.49. The molecule has 24 heavy (non-hydrogen) atoms. The zero-order valence-corrected chi connectivity index (χ0v) is 15.1. The molecule has 2 aromatic rings. The van der Waals surface area contributed by atoms with E-state index in [1.807, 2.05) is 17.5 Å². The Morgan fingerprint density at radius 1 is 1.29 bits per heavy atom. The third kappa shape index (κ3) is 5.67. The molecule has 0 aliphatic carbocycles. The molecule has 0 bridgehead atoms. The van der Waals surface area contributed by atoms with Crippen molar-refractivity contribution in [2.45, 2.75) is 13.0 Å². The third-order valence-corrected chi connectivity index (χ3v) is 4.67. The summed E-state index contributed by atoms with van der Waals surface area (Å²) >= 11 is 13.3. The van der Waals surface area contributed by atoms with Gasteiger partial charge in [-0.3, -0.25) is 4.79 Å².